The van der Waals surface area contributed by atoms with Crippen molar-refractivity contribution >= 4 is 29.9 Å². The highest BCUT2D eigenvalue weighted by atomic mass is 127. The molecule has 6 heteroatoms. The third-order valence-electron chi connectivity index (χ3n) is 4.88. The van der Waals surface area contributed by atoms with E-state index in [1.165, 1.54) is 31.5 Å². The zero-order valence-electron chi connectivity index (χ0n) is 14.7. The summed E-state index contributed by atoms with van der Waals surface area (Å²) in [7, 11) is 3.82. The lowest BCUT2D eigenvalue weighted by atomic mass is 9.96. The highest BCUT2D eigenvalue weighted by molar-refractivity contribution is 14.0. The number of rotatable bonds is 5. The smallest absolute Gasteiger partial charge is 0.193 e. The minimum absolute atomic E-state index is 0. The zero-order chi connectivity index (χ0) is 16.1. The normalized spacial score (nSPS) is 18.9. The van der Waals surface area contributed by atoms with Crippen molar-refractivity contribution in [2.45, 2.75) is 19.4 Å². The second-order valence-corrected chi connectivity index (χ2v) is 6.58. The number of nitrogens with one attached hydrogen (secondary N) is 1. The molecule has 0 atom stereocenters. The number of hydrogen-bond donors (Lipinski definition) is 1. The molecule has 0 saturated carbocycles. The molecule has 134 valence electrons. The topological polar surface area (TPSA) is 40.1 Å². The number of halogens is 1. The molecule has 2 aliphatic rings. The lowest BCUT2D eigenvalue weighted by Gasteiger charge is -2.32. The maximum absolute atomic E-state index is 5.22. The van der Waals surface area contributed by atoms with Crippen molar-refractivity contribution in [3.63, 3.8) is 0 Å². The number of likely N-dealkylation sites (N-methyl/N-ethyl adjacent to an activating group) is 1. The monoisotopic (exact) mass is 444 g/mol. The van der Waals surface area contributed by atoms with E-state index < -0.39 is 0 Å². The molecule has 0 unspecified atom stereocenters. The molecule has 3 rings (SSSR count). The van der Waals surface area contributed by atoms with Crippen molar-refractivity contribution in [3.05, 3.63) is 29.8 Å². The molecule has 24 heavy (non-hydrogen) atoms. The standard InChI is InChI=1S/C18H28N4O.HI/c1-21-12-9-19-18(21)20-13-15-7-10-22(11-8-15)14-16-3-5-17(23-2)6-4-16;/h3-6,15H,7-14H2,1-2H3,(H,19,20);1H. The van der Waals surface area contributed by atoms with Gasteiger partial charge in [-0.05, 0) is 49.5 Å². The molecule has 1 N–H and O–H groups in total. The highest BCUT2D eigenvalue weighted by Gasteiger charge is 2.20. The molecule has 0 radical (unpaired) electrons. The van der Waals surface area contributed by atoms with Crippen LogP contribution >= 0.6 is 24.0 Å². The number of piperidine rings is 1. The van der Waals surface area contributed by atoms with E-state index in [-0.39, 0.29) is 24.0 Å². The molecule has 1 fully saturated rings. The summed E-state index contributed by atoms with van der Waals surface area (Å²) < 4.78 is 5.22. The molecular weight excluding hydrogens is 415 g/mol. The van der Waals surface area contributed by atoms with Crippen LogP contribution in [0.2, 0.25) is 0 Å². The van der Waals surface area contributed by atoms with Gasteiger partial charge in [0.05, 0.1) is 13.7 Å². The minimum atomic E-state index is 0. The highest BCUT2D eigenvalue weighted by Crippen LogP contribution is 2.19. The first-order valence-electron chi connectivity index (χ1n) is 8.59. The van der Waals surface area contributed by atoms with Gasteiger partial charge in [0, 0.05) is 26.7 Å². The average molecular weight is 444 g/mol. The average Bonchev–Trinajstić information content (AvgIpc) is 3.00. The lowest BCUT2D eigenvalue weighted by Crippen LogP contribution is -2.41. The van der Waals surface area contributed by atoms with Gasteiger partial charge in [-0.25, -0.2) is 0 Å². The first-order chi connectivity index (χ1) is 11.2. The Morgan fingerprint density at radius 3 is 2.46 bits per heavy atom. The summed E-state index contributed by atoms with van der Waals surface area (Å²) in [4.78, 5) is 9.26. The van der Waals surface area contributed by atoms with Crippen LogP contribution in [-0.4, -0.2) is 62.6 Å². The van der Waals surface area contributed by atoms with Crippen molar-refractivity contribution in [1.82, 2.24) is 15.1 Å². The van der Waals surface area contributed by atoms with Crippen LogP contribution in [0.1, 0.15) is 18.4 Å². The Balaban J connectivity index is 0.00000208. The van der Waals surface area contributed by atoms with Gasteiger partial charge in [0.15, 0.2) is 5.96 Å². The van der Waals surface area contributed by atoms with E-state index in [0.29, 0.717) is 0 Å². The summed E-state index contributed by atoms with van der Waals surface area (Å²) in [6.07, 6.45) is 2.53. The summed E-state index contributed by atoms with van der Waals surface area (Å²) in [5, 5.41) is 3.52. The first-order valence-corrected chi connectivity index (χ1v) is 8.59. The number of likely N-dealkylation sites (tertiary alicyclic amines) is 1. The molecule has 0 bridgehead atoms. The van der Waals surface area contributed by atoms with Gasteiger partial charge in [0.1, 0.15) is 5.75 Å². The van der Waals surface area contributed by atoms with E-state index in [9.17, 15) is 0 Å². The Kier molecular flexibility index (Phi) is 7.61. The summed E-state index contributed by atoms with van der Waals surface area (Å²) in [5.74, 6) is 2.77. The molecule has 0 aromatic heterocycles. The van der Waals surface area contributed by atoms with Gasteiger partial charge < -0.3 is 15.0 Å². The van der Waals surface area contributed by atoms with Gasteiger partial charge >= 0.3 is 0 Å². The van der Waals surface area contributed by atoms with Crippen LogP contribution in [0.25, 0.3) is 0 Å². The lowest BCUT2D eigenvalue weighted by molar-refractivity contribution is 0.178. The quantitative estimate of drug-likeness (QED) is 0.709. The number of methoxy groups -OCH3 is 1. The predicted molar refractivity (Wildman–Crippen MR) is 109 cm³/mol. The fraction of sp³-hybridized carbons (Fsp3) is 0.611. The van der Waals surface area contributed by atoms with E-state index in [0.717, 1.165) is 43.8 Å². The molecule has 1 saturated heterocycles. The van der Waals surface area contributed by atoms with E-state index in [2.05, 4.69) is 39.3 Å². The molecule has 5 nitrogen and oxygen atoms in total. The summed E-state index contributed by atoms with van der Waals surface area (Å²) in [6, 6.07) is 8.43. The van der Waals surface area contributed by atoms with E-state index in [1.54, 1.807) is 7.11 Å². The Bertz CT molecular complexity index is 526. The zero-order valence-corrected chi connectivity index (χ0v) is 17.0. The van der Waals surface area contributed by atoms with Crippen LogP contribution in [0.3, 0.4) is 0 Å². The molecule has 1 aromatic carbocycles. The Labute approximate surface area is 162 Å². The second kappa shape index (κ2) is 9.46. The number of aliphatic imine (C=N–C) groups is 1. The van der Waals surface area contributed by atoms with Crippen molar-refractivity contribution in [1.29, 1.82) is 0 Å². The predicted octanol–water partition coefficient (Wildman–Crippen LogP) is 2.42. The number of hydrogen-bond acceptors (Lipinski definition) is 5. The van der Waals surface area contributed by atoms with Gasteiger partial charge in [0.2, 0.25) is 0 Å². The van der Waals surface area contributed by atoms with Crippen LogP contribution in [0.4, 0.5) is 0 Å². The van der Waals surface area contributed by atoms with Crippen molar-refractivity contribution in [2.75, 3.05) is 46.9 Å². The van der Waals surface area contributed by atoms with Crippen LogP contribution < -0.4 is 10.1 Å². The SMILES string of the molecule is COc1ccc(CN2CCC(CNC3=NCCN3C)CC2)cc1.I. The summed E-state index contributed by atoms with van der Waals surface area (Å²) in [5.41, 5.74) is 1.37. The Morgan fingerprint density at radius 1 is 1.17 bits per heavy atom. The van der Waals surface area contributed by atoms with Crippen LogP contribution in [0.5, 0.6) is 5.75 Å². The number of guanidine groups is 1. The van der Waals surface area contributed by atoms with Gasteiger partial charge in [-0.2, -0.15) is 0 Å². The molecule has 0 aliphatic carbocycles. The molecule has 2 heterocycles. The van der Waals surface area contributed by atoms with Crippen molar-refractivity contribution < 1.29 is 4.74 Å². The second-order valence-electron chi connectivity index (χ2n) is 6.58. The molecule has 2 aliphatic heterocycles. The maximum Gasteiger partial charge on any atom is 0.193 e. The summed E-state index contributed by atoms with van der Waals surface area (Å²) >= 11 is 0. The molecule has 0 spiro atoms. The molecular formula is C18H29IN4O. The van der Waals surface area contributed by atoms with E-state index in [1.807, 2.05) is 12.1 Å². The van der Waals surface area contributed by atoms with E-state index >= 15 is 0 Å². The van der Waals surface area contributed by atoms with Gasteiger partial charge in [0.25, 0.3) is 0 Å². The largest absolute Gasteiger partial charge is 0.497 e. The van der Waals surface area contributed by atoms with Crippen LogP contribution in [0, 0.1) is 5.92 Å². The minimum Gasteiger partial charge on any atom is -0.497 e. The Morgan fingerprint density at radius 2 is 1.88 bits per heavy atom. The van der Waals surface area contributed by atoms with Crippen molar-refractivity contribution in [2.24, 2.45) is 10.9 Å². The van der Waals surface area contributed by atoms with Gasteiger partial charge in [-0.1, -0.05) is 12.1 Å². The third-order valence-corrected chi connectivity index (χ3v) is 4.88. The number of benzene rings is 1. The number of ether oxygens (including phenoxy) is 1. The maximum atomic E-state index is 5.22. The van der Waals surface area contributed by atoms with Crippen LogP contribution in [-0.2, 0) is 6.54 Å². The number of nitrogens with zero attached hydrogens (tertiary/aromatic N) is 3. The fourth-order valence-electron chi connectivity index (χ4n) is 3.30. The van der Waals surface area contributed by atoms with Crippen molar-refractivity contribution in [3.8, 4) is 5.75 Å². The summed E-state index contributed by atoms with van der Waals surface area (Å²) in [6.45, 7) is 6.43. The van der Waals surface area contributed by atoms with E-state index in [4.69, 9.17) is 4.74 Å². The van der Waals surface area contributed by atoms with Gasteiger partial charge in [-0.15, -0.1) is 24.0 Å². The fourth-order valence-corrected chi connectivity index (χ4v) is 3.30. The third kappa shape index (κ3) is 5.24. The molecule has 0 amide bonds. The Hall–Kier alpha value is -1.02. The first kappa shape index (κ1) is 19.3. The van der Waals surface area contributed by atoms with Gasteiger partial charge in [-0.3, -0.25) is 9.89 Å². The molecule has 1 aromatic rings. The van der Waals surface area contributed by atoms with Crippen LogP contribution in [0.15, 0.2) is 29.3 Å².